The molecule has 5 nitrogen and oxygen atoms in total. The van der Waals surface area contributed by atoms with Gasteiger partial charge in [0.05, 0.1) is 28.6 Å². The summed E-state index contributed by atoms with van der Waals surface area (Å²) in [6.07, 6.45) is 3.08. The monoisotopic (exact) mass is 317 g/mol. The number of amides is 1. The first-order valence-corrected chi connectivity index (χ1v) is 7.89. The van der Waals surface area contributed by atoms with E-state index in [1.807, 2.05) is 13.8 Å². The van der Waals surface area contributed by atoms with Crippen LogP contribution in [-0.4, -0.2) is 35.1 Å². The third-order valence-electron chi connectivity index (χ3n) is 4.17. The van der Waals surface area contributed by atoms with Crippen LogP contribution in [0.3, 0.4) is 0 Å². The van der Waals surface area contributed by atoms with Crippen LogP contribution in [-0.2, 0) is 4.74 Å². The Hall–Kier alpha value is -2.08. The molecule has 1 fully saturated rings. The highest BCUT2D eigenvalue weighted by atomic mass is 19.1. The maximum atomic E-state index is 13.8. The average Bonchev–Trinajstić information content (AvgIpc) is 3.01. The van der Waals surface area contributed by atoms with Crippen molar-refractivity contribution in [2.45, 2.75) is 39.2 Å². The van der Waals surface area contributed by atoms with E-state index in [1.54, 1.807) is 0 Å². The second-order valence-corrected chi connectivity index (χ2v) is 5.90. The number of aryl methyl sites for hydroxylation is 2. The second-order valence-electron chi connectivity index (χ2n) is 5.90. The molecule has 0 radical (unpaired) electrons. The van der Waals surface area contributed by atoms with Gasteiger partial charge < -0.3 is 10.1 Å². The first-order chi connectivity index (χ1) is 11.0. The van der Waals surface area contributed by atoms with Gasteiger partial charge >= 0.3 is 0 Å². The van der Waals surface area contributed by atoms with Gasteiger partial charge in [0.25, 0.3) is 5.91 Å². The van der Waals surface area contributed by atoms with Crippen molar-refractivity contribution in [1.29, 1.82) is 0 Å². The van der Waals surface area contributed by atoms with Crippen LogP contribution >= 0.6 is 0 Å². The summed E-state index contributed by atoms with van der Waals surface area (Å²) in [7, 11) is 0. The molecule has 0 saturated carbocycles. The van der Waals surface area contributed by atoms with Crippen LogP contribution in [0.4, 0.5) is 4.39 Å². The van der Waals surface area contributed by atoms with Crippen molar-refractivity contribution in [2.24, 2.45) is 0 Å². The topological polar surface area (TPSA) is 64.1 Å². The normalized spacial score (nSPS) is 17.6. The van der Waals surface area contributed by atoms with Crippen LogP contribution in [0.5, 0.6) is 0 Å². The lowest BCUT2D eigenvalue weighted by Gasteiger charge is -2.11. The summed E-state index contributed by atoms with van der Waals surface area (Å²) in [5.74, 6) is -0.815. The number of carbonyl (C=O) groups excluding carboxylic acids is 1. The molecule has 2 aromatic rings. The van der Waals surface area contributed by atoms with Gasteiger partial charge in [-0.15, -0.1) is 0 Å². The average molecular weight is 317 g/mol. The lowest BCUT2D eigenvalue weighted by Crippen LogP contribution is -2.27. The largest absolute Gasteiger partial charge is 0.378 e. The van der Waals surface area contributed by atoms with Gasteiger partial charge in [-0.1, -0.05) is 0 Å². The molecule has 122 valence electrons. The zero-order valence-electron chi connectivity index (χ0n) is 13.4. The summed E-state index contributed by atoms with van der Waals surface area (Å²) in [6.45, 7) is 4.93. The molecule has 1 aliphatic heterocycles. The first-order valence-electron chi connectivity index (χ1n) is 7.89. The van der Waals surface area contributed by atoms with Gasteiger partial charge in [-0.05, 0) is 39.2 Å². The van der Waals surface area contributed by atoms with E-state index in [0.717, 1.165) is 37.3 Å². The Morgan fingerprint density at radius 1 is 1.35 bits per heavy atom. The molecule has 3 rings (SSSR count). The van der Waals surface area contributed by atoms with E-state index < -0.39 is 5.82 Å². The predicted molar refractivity (Wildman–Crippen MR) is 84.9 cm³/mol. The highest BCUT2D eigenvalue weighted by Crippen LogP contribution is 2.19. The van der Waals surface area contributed by atoms with Gasteiger partial charge in [-0.2, -0.15) is 0 Å². The van der Waals surface area contributed by atoms with Crippen LogP contribution in [0.15, 0.2) is 12.1 Å². The molecule has 23 heavy (non-hydrogen) atoms. The number of nitrogens with one attached hydrogen (secondary N) is 1. The molecule has 0 bridgehead atoms. The number of aromatic nitrogens is 2. The third kappa shape index (κ3) is 3.47. The molecule has 0 unspecified atom stereocenters. The van der Waals surface area contributed by atoms with Crippen molar-refractivity contribution in [3.8, 4) is 0 Å². The van der Waals surface area contributed by atoms with Crippen molar-refractivity contribution in [2.75, 3.05) is 13.2 Å². The van der Waals surface area contributed by atoms with E-state index >= 15 is 0 Å². The predicted octanol–water partition coefficient (Wildman–Crippen LogP) is 2.68. The molecule has 6 heteroatoms. The number of hydrogen-bond donors (Lipinski definition) is 1. The number of rotatable bonds is 4. The smallest absolute Gasteiger partial charge is 0.253 e. The highest BCUT2D eigenvalue weighted by Gasteiger charge is 2.18. The minimum atomic E-state index is -0.487. The number of halogens is 1. The van der Waals surface area contributed by atoms with E-state index in [9.17, 15) is 9.18 Å². The number of carbonyl (C=O) groups is 1. The van der Waals surface area contributed by atoms with Crippen molar-refractivity contribution >= 4 is 16.9 Å². The van der Waals surface area contributed by atoms with Gasteiger partial charge in [0.2, 0.25) is 0 Å². The molecular formula is C17H20FN3O2. The van der Waals surface area contributed by atoms with E-state index in [2.05, 4.69) is 15.3 Å². The quantitative estimate of drug-likeness (QED) is 0.941. The van der Waals surface area contributed by atoms with Crippen molar-refractivity contribution in [3.05, 3.63) is 34.9 Å². The Kier molecular flexibility index (Phi) is 4.52. The standard InChI is InChI=1S/C17H20FN3O2/c1-10-11(2)21-16-14(8-12(18)9-15(16)20-10)17(22)19-6-5-13-4-3-7-23-13/h8-9,13H,3-7H2,1-2H3,(H,19,22)/t13-/m1/s1. The molecule has 2 heterocycles. The van der Waals surface area contributed by atoms with E-state index in [1.165, 1.54) is 12.1 Å². The lowest BCUT2D eigenvalue weighted by atomic mass is 10.1. The molecule has 0 spiro atoms. The van der Waals surface area contributed by atoms with E-state index in [0.29, 0.717) is 17.6 Å². The van der Waals surface area contributed by atoms with Crippen molar-refractivity contribution in [3.63, 3.8) is 0 Å². The number of nitrogens with zero attached hydrogens (tertiary/aromatic N) is 2. The van der Waals surface area contributed by atoms with Gasteiger partial charge in [0, 0.05) is 19.2 Å². The zero-order valence-corrected chi connectivity index (χ0v) is 13.4. The summed E-state index contributed by atoms with van der Waals surface area (Å²) in [4.78, 5) is 21.1. The van der Waals surface area contributed by atoms with Crippen molar-refractivity contribution < 1.29 is 13.9 Å². The molecule has 1 saturated heterocycles. The molecule has 1 amide bonds. The Morgan fingerprint density at radius 2 is 2.13 bits per heavy atom. The van der Waals surface area contributed by atoms with Gasteiger partial charge in [-0.25, -0.2) is 14.4 Å². The van der Waals surface area contributed by atoms with Crippen LogP contribution in [0.1, 0.15) is 41.0 Å². The first kappa shape index (κ1) is 15.8. The minimum Gasteiger partial charge on any atom is -0.378 e. The van der Waals surface area contributed by atoms with Gasteiger partial charge in [-0.3, -0.25) is 4.79 Å². The molecule has 0 aliphatic carbocycles. The van der Waals surface area contributed by atoms with Crippen LogP contribution in [0.25, 0.3) is 11.0 Å². The number of ether oxygens (including phenoxy) is 1. The molecule has 1 aliphatic rings. The van der Waals surface area contributed by atoms with Crippen molar-refractivity contribution in [1.82, 2.24) is 15.3 Å². The van der Waals surface area contributed by atoms with E-state index in [-0.39, 0.29) is 17.6 Å². The molecule has 1 aromatic heterocycles. The lowest BCUT2D eigenvalue weighted by molar-refractivity contribution is 0.0908. The Labute approximate surface area is 134 Å². The zero-order chi connectivity index (χ0) is 16.4. The maximum Gasteiger partial charge on any atom is 0.253 e. The van der Waals surface area contributed by atoms with Gasteiger partial charge in [0.15, 0.2) is 0 Å². The fourth-order valence-corrected chi connectivity index (χ4v) is 2.78. The summed E-state index contributed by atoms with van der Waals surface area (Å²) < 4.78 is 19.3. The molecule has 1 N–H and O–H groups in total. The Balaban J connectivity index is 1.80. The summed E-state index contributed by atoms with van der Waals surface area (Å²) in [5.41, 5.74) is 2.52. The van der Waals surface area contributed by atoms with E-state index in [4.69, 9.17) is 4.74 Å². The minimum absolute atomic E-state index is 0.212. The third-order valence-corrected chi connectivity index (χ3v) is 4.17. The molecule has 1 atom stereocenters. The van der Waals surface area contributed by atoms with Crippen LogP contribution in [0.2, 0.25) is 0 Å². The molecular weight excluding hydrogens is 297 g/mol. The SMILES string of the molecule is Cc1nc2cc(F)cc(C(=O)NCC[C@H]3CCCO3)c2nc1C. The number of fused-ring (bicyclic) bond motifs is 1. The highest BCUT2D eigenvalue weighted by molar-refractivity contribution is 6.04. The number of hydrogen-bond acceptors (Lipinski definition) is 4. The summed E-state index contributed by atoms with van der Waals surface area (Å²) in [6, 6.07) is 2.52. The van der Waals surface area contributed by atoms with Gasteiger partial charge in [0.1, 0.15) is 11.3 Å². The molecule has 1 aromatic carbocycles. The fraction of sp³-hybridized carbons (Fsp3) is 0.471. The Morgan fingerprint density at radius 3 is 2.87 bits per heavy atom. The maximum absolute atomic E-state index is 13.8. The number of benzene rings is 1. The Bertz CT molecular complexity index is 742. The summed E-state index contributed by atoms with van der Waals surface area (Å²) >= 11 is 0. The second kappa shape index (κ2) is 6.58. The summed E-state index contributed by atoms with van der Waals surface area (Å²) in [5, 5.41) is 2.83. The van der Waals surface area contributed by atoms with Crippen LogP contribution in [0, 0.1) is 19.7 Å². The van der Waals surface area contributed by atoms with Crippen LogP contribution < -0.4 is 5.32 Å². The fourth-order valence-electron chi connectivity index (χ4n) is 2.78.